The smallest absolute Gasteiger partial charge is 0.410 e. The van der Waals surface area contributed by atoms with E-state index < -0.39 is 23.7 Å². The van der Waals surface area contributed by atoms with Gasteiger partial charge in [-0.1, -0.05) is 30.3 Å². The van der Waals surface area contributed by atoms with E-state index >= 15 is 0 Å². The van der Waals surface area contributed by atoms with Crippen molar-refractivity contribution < 1.29 is 23.9 Å². The van der Waals surface area contributed by atoms with E-state index in [9.17, 15) is 14.4 Å². The van der Waals surface area contributed by atoms with Crippen molar-refractivity contribution in [3.63, 3.8) is 0 Å². The quantitative estimate of drug-likeness (QED) is 0.566. The number of aldehydes is 1. The topological polar surface area (TPSA) is 72.9 Å². The Bertz CT molecular complexity index is 550. The van der Waals surface area contributed by atoms with Gasteiger partial charge in [0.15, 0.2) is 0 Å². The molecule has 132 valence electrons. The Balaban J connectivity index is 2.47. The molecule has 0 aromatic heterocycles. The van der Waals surface area contributed by atoms with Crippen LogP contribution in [0.4, 0.5) is 4.79 Å². The number of carbonyl (C=O) groups is 3. The molecule has 0 aliphatic carbocycles. The van der Waals surface area contributed by atoms with Gasteiger partial charge >= 0.3 is 12.1 Å². The Labute approximate surface area is 142 Å². The second kappa shape index (κ2) is 9.05. The van der Waals surface area contributed by atoms with E-state index in [0.29, 0.717) is 6.29 Å². The van der Waals surface area contributed by atoms with Crippen molar-refractivity contribution in [1.82, 2.24) is 4.90 Å². The standard InChI is InChI=1S/C18H25NO5/c1-18(2,3)24-16(21)11-10-15(12-20)19(4)17(22)23-13-14-8-6-5-7-9-14/h5-9,12,15H,10-11,13H2,1-4H3/t15-/m0/s1. The van der Waals surface area contributed by atoms with Crippen molar-refractivity contribution in [1.29, 1.82) is 0 Å². The lowest BCUT2D eigenvalue weighted by atomic mass is 10.1. The van der Waals surface area contributed by atoms with Gasteiger partial charge in [0.05, 0.1) is 6.04 Å². The van der Waals surface area contributed by atoms with Gasteiger partial charge in [0.25, 0.3) is 0 Å². The Morgan fingerprint density at radius 3 is 2.38 bits per heavy atom. The Hall–Kier alpha value is -2.37. The molecule has 0 heterocycles. The third-order valence-corrected chi connectivity index (χ3v) is 3.21. The average Bonchev–Trinajstić information content (AvgIpc) is 2.52. The van der Waals surface area contributed by atoms with Gasteiger partial charge in [0.2, 0.25) is 0 Å². The van der Waals surface area contributed by atoms with Crippen LogP contribution < -0.4 is 0 Å². The molecule has 0 spiro atoms. The number of hydrogen-bond donors (Lipinski definition) is 0. The molecule has 6 heteroatoms. The van der Waals surface area contributed by atoms with E-state index in [1.165, 1.54) is 11.9 Å². The van der Waals surface area contributed by atoms with Crippen molar-refractivity contribution in [2.45, 2.75) is 51.9 Å². The van der Waals surface area contributed by atoms with Gasteiger partial charge in [-0.25, -0.2) is 4.79 Å². The Morgan fingerprint density at radius 2 is 1.83 bits per heavy atom. The summed E-state index contributed by atoms with van der Waals surface area (Å²) >= 11 is 0. The Kier molecular flexibility index (Phi) is 7.42. The van der Waals surface area contributed by atoms with Crippen LogP contribution >= 0.6 is 0 Å². The molecule has 1 amide bonds. The molecule has 24 heavy (non-hydrogen) atoms. The zero-order valence-electron chi connectivity index (χ0n) is 14.7. The number of carbonyl (C=O) groups excluding carboxylic acids is 3. The third-order valence-electron chi connectivity index (χ3n) is 3.21. The summed E-state index contributed by atoms with van der Waals surface area (Å²) in [4.78, 5) is 36.1. The van der Waals surface area contributed by atoms with Gasteiger partial charge in [0.1, 0.15) is 18.5 Å². The zero-order chi connectivity index (χ0) is 18.2. The molecule has 0 saturated carbocycles. The monoisotopic (exact) mass is 335 g/mol. The summed E-state index contributed by atoms with van der Waals surface area (Å²) in [6.45, 7) is 5.45. The summed E-state index contributed by atoms with van der Waals surface area (Å²) in [7, 11) is 1.47. The van der Waals surface area contributed by atoms with Crippen LogP contribution in [-0.2, 0) is 25.7 Å². The maximum absolute atomic E-state index is 12.0. The summed E-state index contributed by atoms with van der Waals surface area (Å²) in [6, 6.07) is 8.52. The molecule has 0 N–H and O–H groups in total. The number of esters is 1. The Morgan fingerprint density at radius 1 is 1.21 bits per heavy atom. The van der Waals surface area contributed by atoms with Crippen LogP contribution in [0.2, 0.25) is 0 Å². The number of amides is 1. The molecule has 1 rings (SSSR count). The highest BCUT2D eigenvalue weighted by atomic mass is 16.6. The first kappa shape index (κ1) is 19.7. The minimum absolute atomic E-state index is 0.0526. The van der Waals surface area contributed by atoms with Crippen LogP contribution in [0.15, 0.2) is 30.3 Å². The molecular formula is C18H25NO5. The first-order chi connectivity index (χ1) is 11.2. The molecule has 1 aromatic rings. The molecule has 0 saturated heterocycles. The van der Waals surface area contributed by atoms with Crippen LogP contribution in [0.1, 0.15) is 39.2 Å². The summed E-state index contributed by atoms with van der Waals surface area (Å²) in [5, 5.41) is 0. The number of nitrogens with zero attached hydrogens (tertiary/aromatic N) is 1. The summed E-state index contributed by atoms with van der Waals surface area (Å²) in [5.74, 6) is -0.402. The molecule has 0 aliphatic heterocycles. The molecule has 0 radical (unpaired) electrons. The number of hydrogen-bond acceptors (Lipinski definition) is 5. The predicted molar refractivity (Wildman–Crippen MR) is 89.3 cm³/mol. The summed E-state index contributed by atoms with van der Waals surface area (Å²) in [6.07, 6.45) is 0.264. The molecule has 0 fully saturated rings. The minimum Gasteiger partial charge on any atom is -0.460 e. The van der Waals surface area contributed by atoms with Crippen molar-refractivity contribution in [2.75, 3.05) is 7.05 Å². The molecule has 1 atom stereocenters. The first-order valence-electron chi connectivity index (χ1n) is 7.83. The minimum atomic E-state index is -0.735. The summed E-state index contributed by atoms with van der Waals surface area (Å²) in [5.41, 5.74) is 0.282. The van der Waals surface area contributed by atoms with Crippen molar-refractivity contribution in [2.24, 2.45) is 0 Å². The highest BCUT2D eigenvalue weighted by Gasteiger charge is 2.23. The van der Waals surface area contributed by atoms with E-state index in [0.717, 1.165) is 5.56 Å². The number of likely N-dealkylation sites (N-methyl/N-ethyl adjacent to an activating group) is 1. The highest BCUT2D eigenvalue weighted by Crippen LogP contribution is 2.12. The lowest BCUT2D eigenvalue weighted by Crippen LogP contribution is -2.39. The molecule has 0 unspecified atom stereocenters. The lowest BCUT2D eigenvalue weighted by Gasteiger charge is -2.24. The van der Waals surface area contributed by atoms with Gasteiger partial charge in [-0.3, -0.25) is 4.79 Å². The van der Waals surface area contributed by atoms with Crippen molar-refractivity contribution >= 4 is 18.3 Å². The van der Waals surface area contributed by atoms with E-state index in [2.05, 4.69) is 0 Å². The number of benzene rings is 1. The number of rotatable bonds is 7. The highest BCUT2D eigenvalue weighted by molar-refractivity contribution is 5.74. The molecule has 0 bridgehead atoms. The predicted octanol–water partition coefficient (Wildman–Crippen LogP) is 2.94. The largest absolute Gasteiger partial charge is 0.460 e. The van der Waals surface area contributed by atoms with Gasteiger partial charge < -0.3 is 19.2 Å². The van der Waals surface area contributed by atoms with Crippen LogP contribution in [0.5, 0.6) is 0 Å². The average molecular weight is 335 g/mol. The maximum Gasteiger partial charge on any atom is 0.410 e. The van der Waals surface area contributed by atoms with Gasteiger partial charge in [-0.15, -0.1) is 0 Å². The third kappa shape index (κ3) is 7.26. The van der Waals surface area contributed by atoms with Crippen LogP contribution in [-0.4, -0.2) is 41.9 Å². The SMILES string of the molecule is CN(C(=O)OCc1ccccc1)[C@H](C=O)CCC(=O)OC(C)(C)C. The van der Waals surface area contributed by atoms with Gasteiger partial charge in [-0.05, 0) is 32.8 Å². The van der Waals surface area contributed by atoms with Crippen LogP contribution in [0, 0.1) is 0 Å². The van der Waals surface area contributed by atoms with Gasteiger partial charge in [-0.2, -0.15) is 0 Å². The fraction of sp³-hybridized carbons (Fsp3) is 0.500. The van der Waals surface area contributed by atoms with Gasteiger partial charge in [0, 0.05) is 13.5 Å². The van der Waals surface area contributed by atoms with E-state index in [-0.39, 0.29) is 19.4 Å². The van der Waals surface area contributed by atoms with E-state index in [1.807, 2.05) is 30.3 Å². The number of ether oxygens (including phenoxy) is 2. The fourth-order valence-electron chi connectivity index (χ4n) is 1.97. The maximum atomic E-state index is 12.0. The molecular weight excluding hydrogens is 310 g/mol. The molecule has 1 aromatic carbocycles. The van der Waals surface area contributed by atoms with E-state index in [4.69, 9.17) is 9.47 Å². The fourth-order valence-corrected chi connectivity index (χ4v) is 1.97. The second-order valence-electron chi connectivity index (χ2n) is 6.48. The van der Waals surface area contributed by atoms with Crippen molar-refractivity contribution in [3.8, 4) is 0 Å². The molecule has 0 aliphatic rings. The van der Waals surface area contributed by atoms with Crippen molar-refractivity contribution in [3.05, 3.63) is 35.9 Å². The first-order valence-corrected chi connectivity index (χ1v) is 7.83. The normalized spacial score (nSPS) is 12.2. The lowest BCUT2D eigenvalue weighted by molar-refractivity contribution is -0.155. The van der Waals surface area contributed by atoms with Crippen LogP contribution in [0.25, 0.3) is 0 Å². The zero-order valence-corrected chi connectivity index (χ0v) is 14.7. The van der Waals surface area contributed by atoms with E-state index in [1.54, 1.807) is 20.8 Å². The summed E-state index contributed by atoms with van der Waals surface area (Å²) < 4.78 is 10.4. The second-order valence-corrected chi connectivity index (χ2v) is 6.48. The van der Waals surface area contributed by atoms with Crippen LogP contribution in [0.3, 0.4) is 0 Å². The molecule has 6 nitrogen and oxygen atoms in total.